The van der Waals surface area contributed by atoms with Crippen LogP contribution in [0, 0.1) is 18.3 Å². The summed E-state index contributed by atoms with van der Waals surface area (Å²) in [5, 5.41) is 20.4. The Kier molecular flexibility index (Phi) is 2.93. The lowest BCUT2D eigenvalue weighted by Gasteiger charge is -2.27. The molecule has 2 atom stereocenters. The van der Waals surface area contributed by atoms with Gasteiger partial charge in [-0.3, -0.25) is 0 Å². The van der Waals surface area contributed by atoms with E-state index in [-0.39, 0.29) is 0 Å². The van der Waals surface area contributed by atoms with Crippen molar-refractivity contribution < 1.29 is 5.11 Å². The molecule has 1 aliphatic rings. The van der Waals surface area contributed by atoms with E-state index >= 15 is 0 Å². The van der Waals surface area contributed by atoms with Crippen molar-refractivity contribution in [2.24, 2.45) is 0 Å². The summed E-state index contributed by atoms with van der Waals surface area (Å²) < 4.78 is 0. The fraction of sp³-hybridized carbons (Fsp3) is 0.312. The predicted octanol–water partition coefficient (Wildman–Crippen LogP) is 3.50. The minimum absolute atomic E-state index is 0.695. The van der Waals surface area contributed by atoms with Crippen LogP contribution in [0.25, 0.3) is 0 Å². The van der Waals surface area contributed by atoms with Gasteiger partial charge in [0.2, 0.25) is 0 Å². The van der Waals surface area contributed by atoms with Gasteiger partial charge in [0.1, 0.15) is 11.5 Å². The number of thiophene rings is 1. The Hall–Kier alpha value is -1.63. The van der Waals surface area contributed by atoms with Gasteiger partial charge in [-0.1, -0.05) is 24.3 Å². The van der Waals surface area contributed by atoms with Crippen molar-refractivity contribution in [1.82, 2.24) is 0 Å². The summed E-state index contributed by atoms with van der Waals surface area (Å²) in [6.45, 7) is 2.02. The number of aliphatic hydroxyl groups is 1. The van der Waals surface area contributed by atoms with Crippen LogP contribution in [0.5, 0.6) is 0 Å². The molecule has 3 heteroatoms. The molecule has 3 rings (SSSR count). The Morgan fingerprint density at radius 1 is 1.32 bits per heavy atom. The van der Waals surface area contributed by atoms with Gasteiger partial charge in [-0.15, -0.1) is 11.3 Å². The number of benzene rings is 1. The SMILES string of the molecule is Cc1ccc(C(O)C2(C#N)CCc3ccccc32)s1. The van der Waals surface area contributed by atoms with Crippen molar-refractivity contribution in [3.63, 3.8) is 0 Å². The van der Waals surface area contributed by atoms with Crippen LogP contribution in [0.4, 0.5) is 0 Å². The molecule has 2 nitrogen and oxygen atoms in total. The van der Waals surface area contributed by atoms with Crippen molar-refractivity contribution in [1.29, 1.82) is 5.26 Å². The van der Waals surface area contributed by atoms with Gasteiger partial charge in [-0.25, -0.2) is 0 Å². The number of aliphatic hydroxyl groups excluding tert-OH is 1. The fourth-order valence-corrected chi connectivity index (χ4v) is 3.90. The summed E-state index contributed by atoms with van der Waals surface area (Å²) in [5.41, 5.74) is 1.40. The highest BCUT2D eigenvalue weighted by Gasteiger charge is 2.46. The molecular weight excluding hydrogens is 254 g/mol. The van der Waals surface area contributed by atoms with Crippen LogP contribution in [-0.4, -0.2) is 5.11 Å². The number of nitrogens with zero attached hydrogens (tertiary/aromatic N) is 1. The Morgan fingerprint density at radius 3 is 2.79 bits per heavy atom. The lowest BCUT2D eigenvalue weighted by Crippen LogP contribution is -2.29. The lowest BCUT2D eigenvalue weighted by molar-refractivity contribution is 0.114. The molecule has 1 aromatic carbocycles. The zero-order valence-corrected chi connectivity index (χ0v) is 11.6. The van der Waals surface area contributed by atoms with Crippen LogP contribution < -0.4 is 0 Å². The van der Waals surface area contributed by atoms with E-state index in [0.29, 0.717) is 6.42 Å². The molecule has 96 valence electrons. The third kappa shape index (κ3) is 1.80. The number of hydrogen-bond acceptors (Lipinski definition) is 3. The number of hydrogen-bond donors (Lipinski definition) is 1. The summed E-state index contributed by atoms with van der Waals surface area (Å²) in [6.07, 6.45) is 0.825. The summed E-state index contributed by atoms with van der Waals surface area (Å²) >= 11 is 1.57. The molecular formula is C16H15NOS. The molecule has 1 aromatic heterocycles. The molecule has 2 unspecified atom stereocenters. The van der Waals surface area contributed by atoms with Gasteiger partial charge >= 0.3 is 0 Å². The van der Waals surface area contributed by atoms with E-state index < -0.39 is 11.5 Å². The van der Waals surface area contributed by atoms with Gasteiger partial charge in [-0.2, -0.15) is 5.26 Å². The van der Waals surface area contributed by atoms with Gasteiger partial charge in [0.15, 0.2) is 0 Å². The first-order valence-corrected chi connectivity index (χ1v) is 7.23. The van der Waals surface area contributed by atoms with Crippen LogP contribution in [0.15, 0.2) is 36.4 Å². The maximum atomic E-state index is 10.7. The first-order chi connectivity index (χ1) is 9.17. The van der Waals surface area contributed by atoms with E-state index in [1.165, 1.54) is 5.56 Å². The Balaban J connectivity index is 2.09. The van der Waals surface area contributed by atoms with Gasteiger partial charge < -0.3 is 5.11 Å². The number of nitriles is 1. The minimum Gasteiger partial charge on any atom is -0.386 e. The quantitative estimate of drug-likeness (QED) is 0.906. The zero-order chi connectivity index (χ0) is 13.5. The van der Waals surface area contributed by atoms with Crippen LogP contribution >= 0.6 is 11.3 Å². The van der Waals surface area contributed by atoms with E-state index in [2.05, 4.69) is 12.1 Å². The molecule has 0 fully saturated rings. The topological polar surface area (TPSA) is 44.0 Å². The first-order valence-electron chi connectivity index (χ1n) is 6.41. The minimum atomic E-state index is -0.784. The predicted molar refractivity (Wildman–Crippen MR) is 76.1 cm³/mol. The highest BCUT2D eigenvalue weighted by molar-refractivity contribution is 7.12. The maximum absolute atomic E-state index is 10.7. The molecule has 0 aliphatic heterocycles. The average molecular weight is 269 g/mol. The molecule has 0 saturated heterocycles. The molecule has 0 spiro atoms. The highest BCUT2D eigenvalue weighted by Crippen LogP contribution is 2.48. The zero-order valence-electron chi connectivity index (χ0n) is 10.8. The first kappa shape index (κ1) is 12.4. The Labute approximate surface area is 116 Å². The monoisotopic (exact) mass is 269 g/mol. The number of aryl methyl sites for hydroxylation is 2. The summed E-state index contributed by atoms with van der Waals surface area (Å²) in [7, 11) is 0. The molecule has 2 aromatic rings. The molecule has 1 N–H and O–H groups in total. The van der Waals surface area contributed by atoms with Gasteiger partial charge in [0.25, 0.3) is 0 Å². The molecule has 1 heterocycles. The largest absolute Gasteiger partial charge is 0.386 e. The Morgan fingerprint density at radius 2 is 2.11 bits per heavy atom. The third-order valence-electron chi connectivity index (χ3n) is 3.98. The van der Waals surface area contributed by atoms with Gasteiger partial charge in [0, 0.05) is 9.75 Å². The van der Waals surface area contributed by atoms with Crippen molar-refractivity contribution >= 4 is 11.3 Å². The number of fused-ring (bicyclic) bond motifs is 1. The summed E-state index contributed by atoms with van der Waals surface area (Å²) in [4.78, 5) is 2.05. The molecule has 0 saturated carbocycles. The van der Waals surface area contributed by atoms with Crippen LogP contribution in [0.1, 0.15) is 33.4 Å². The summed E-state index contributed by atoms with van der Waals surface area (Å²) in [6, 6.07) is 14.3. The second-order valence-corrected chi connectivity index (χ2v) is 6.41. The van der Waals surface area contributed by atoms with E-state index in [1.54, 1.807) is 11.3 Å². The van der Waals surface area contributed by atoms with Crippen LogP contribution in [-0.2, 0) is 11.8 Å². The number of rotatable bonds is 2. The van der Waals surface area contributed by atoms with E-state index in [9.17, 15) is 10.4 Å². The normalized spacial score (nSPS) is 22.8. The van der Waals surface area contributed by atoms with Crippen molar-refractivity contribution in [3.8, 4) is 6.07 Å². The van der Waals surface area contributed by atoms with Crippen molar-refractivity contribution in [2.75, 3.05) is 0 Å². The van der Waals surface area contributed by atoms with Crippen LogP contribution in [0.2, 0.25) is 0 Å². The van der Waals surface area contributed by atoms with Gasteiger partial charge in [0.05, 0.1) is 6.07 Å². The van der Waals surface area contributed by atoms with E-state index in [4.69, 9.17) is 0 Å². The van der Waals surface area contributed by atoms with Gasteiger partial charge in [-0.05, 0) is 43.0 Å². The standard InChI is InChI=1S/C16H15NOS/c1-11-6-7-14(19-11)15(18)16(10-17)9-8-12-4-2-3-5-13(12)16/h2-7,15,18H,8-9H2,1H3. The Bertz CT molecular complexity index is 655. The molecule has 0 bridgehead atoms. The second kappa shape index (κ2) is 4.48. The smallest absolute Gasteiger partial charge is 0.114 e. The molecule has 0 radical (unpaired) electrons. The average Bonchev–Trinajstić information content (AvgIpc) is 3.02. The summed E-state index contributed by atoms with van der Waals surface area (Å²) in [5.74, 6) is 0. The third-order valence-corrected chi connectivity index (χ3v) is 5.04. The second-order valence-electron chi connectivity index (χ2n) is 5.09. The van der Waals surface area contributed by atoms with Crippen molar-refractivity contribution in [3.05, 3.63) is 57.3 Å². The van der Waals surface area contributed by atoms with Crippen molar-refractivity contribution in [2.45, 2.75) is 31.3 Å². The maximum Gasteiger partial charge on any atom is 0.114 e. The molecule has 19 heavy (non-hydrogen) atoms. The lowest BCUT2D eigenvalue weighted by atomic mass is 9.77. The highest BCUT2D eigenvalue weighted by atomic mass is 32.1. The van der Waals surface area contributed by atoms with Crippen LogP contribution in [0.3, 0.4) is 0 Å². The molecule has 0 amide bonds. The van der Waals surface area contributed by atoms with E-state index in [0.717, 1.165) is 21.7 Å². The molecule has 1 aliphatic carbocycles. The van der Waals surface area contributed by atoms with E-state index in [1.807, 2.05) is 37.3 Å². The fourth-order valence-electron chi connectivity index (χ4n) is 2.94.